The molecule has 1 amide bonds. The zero-order valence-electron chi connectivity index (χ0n) is 20.5. The van der Waals surface area contributed by atoms with Gasteiger partial charge in [-0.2, -0.15) is 4.31 Å². The Morgan fingerprint density at radius 3 is 2.33 bits per heavy atom. The van der Waals surface area contributed by atoms with Crippen LogP contribution in [0.2, 0.25) is 0 Å². The van der Waals surface area contributed by atoms with Crippen molar-refractivity contribution in [3.63, 3.8) is 0 Å². The van der Waals surface area contributed by atoms with Crippen molar-refractivity contribution in [3.8, 4) is 5.75 Å². The van der Waals surface area contributed by atoms with Gasteiger partial charge in [0.1, 0.15) is 12.4 Å². The van der Waals surface area contributed by atoms with E-state index in [0.717, 1.165) is 58.4 Å². The number of ether oxygens (including phenoxy) is 2. The van der Waals surface area contributed by atoms with Crippen LogP contribution < -0.4 is 4.74 Å². The molecular weight excluding hydrogens is 442 g/mol. The second kappa shape index (κ2) is 11.6. The fraction of sp³-hybridized carbons (Fsp3) is 0.708. The first-order valence-electron chi connectivity index (χ1n) is 12.0. The number of rotatable bonds is 9. The SMILES string of the molecule is CCCN1CCN(C(=O)COCC2CCCCN2S(=O)(=O)c2c(C)cc(OC)cc2C)CC1. The lowest BCUT2D eigenvalue weighted by Gasteiger charge is -2.36. The number of nitrogens with zero attached hydrogens (tertiary/aromatic N) is 3. The van der Waals surface area contributed by atoms with Gasteiger partial charge in [0.2, 0.25) is 15.9 Å². The van der Waals surface area contributed by atoms with Crippen LogP contribution in [0.15, 0.2) is 17.0 Å². The third-order valence-corrected chi connectivity index (χ3v) is 8.87. The summed E-state index contributed by atoms with van der Waals surface area (Å²) in [6, 6.07) is 3.25. The number of carbonyl (C=O) groups is 1. The van der Waals surface area contributed by atoms with Crippen molar-refractivity contribution in [2.75, 3.05) is 59.6 Å². The van der Waals surface area contributed by atoms with Crippen LogP contribution in [0.4, 0.5) is 0 Å². The zero-order chi connectivity index (χ0) is 24.0. The van der Waals surface area contributed by atoms with Gasteiger partial charge in [-0.1, -0.05) is 13.3 Å². The molecule has 2 heterocycles. The summed E-state index contributed by atoms with van der Waals surface area (Å²) in [6.45, 7) is 10.8. The second-order valence-electron chi connectivity index (χ2n) is 9.09. The normalized spacial score (nSPS) is 20.7. The number of carbonyl (C=O) groups excluding carboxylic acids is 1. The highest BCUT2D eigenvalue weighted by atomic mass is 32.2. The van der Waals surface area contributed by atoms with E-state index in [9.17, 15) is 13.2 Å². The molecule has 0 aromatic heterocycles. The maximum absolute atomic E-state index is 13.6. The molecule has 0 saturated carbocycles. The van der Waals surface area contributed by atoms with E-state index in [0.29, 0.717) is 28.3 Å². The Kier molecular flexibility index (Phi) is 9.15. The summed E-state index contributed by atoms with van der Waals surface area (Å²) < 4.78 is 39.9. The Balaban J connectivity index is 1.61. The van der Waals surface area contributed by atoms with Gasteiger partial charge in [-0.25, -0.2) is 8.42 Å². The summed E-state index contributed by atoms with van der Waals surface area (Å²) in [5.74, 6) is 0.634. The van der Waals surface area contributed by atoms with Gasteiger partial charge in [-0.15, -0.1) is 0 Å². The molecule has 2 saturated heterocycles. The first kappa shape index (κ1) is 25.9. The predicted molar refractivity (Wildman–Crippen MR) is 128 cm³/mol. The van der Waals surface area contributed by atoms with E-state index in [4.69, 9.17) is 9.47 Å². The number of piperazine rings is 1. The van der Waals surface area contributed by atoms with E-state index in [-0.39, 0.29) is 25.2 Å². The highest BCUT2D eigenvalue weighted by Gasteiger charge is 2.35. The third-order valence-electron chi connectivity index (χ3n) is 6.61. The van der Waals surface area contributed by atoms with Crippen molar-refractivity contribution in [1.82, 2.24) is 14.1 Å². The smallest absolute Gasteiger partial charge is 0.248 e. The molecule has 33 heavy (non-hydrogen) atoms. The van der Waals surface area contributed by atoms with E-state index in [1.807, 2.05) is 4.90 Å². The lowest BCUT2D eigenvalue weighted by atomic mass is 10.1. The van der Waals surface area contributed by atoms with Crippen molar-refractivity contribution >= 4 is 15.9 Å². The Bertz CT molecular complexity index is 890. The summed E-state index contributed by atoms with van der Waals surface area (Å²) in [4.78, 5) is 17.2. The number of benzene rings is 1. The molecule has 9 heteroatoms. The van der Waals surface area contributed by atoms with Gasteiger partial charge in [0.15, 0.2) is 0 Å². The first-order valence-corrected chi connectivity index (χ1v) is 13.5. The van der Waals surface area contributed by atoms with Gasteiger partial charge in [0.25, 0.3) is 0 Å². The molecule has 3 rings (SSSR count). The summed E-state index contributed by atoms with van der Waals surface area (Å²) in [7, 11) is -2.11. The van der Waals surface area contributed by atoms with E-state index >= 15 is 0 Å². The Morgan fingerprint density at radius 1 is 1.06 bits per heavy atom. The van der Waals surface area contributed by atoms with Crippen LogP contribution in [0.3, 0.4) is 0 Å². The highest BCUT2D eigenvalue weighted by molar-refractivity contribution is 7.89. The fourth-order valence-corrected chi connectivity index (χ4v) is 7.01. The number of methoxy groups -OCH3 is 1. The molecule has 2 aliphatic rings. The van der Waals surface area contributed by atoms with Crippen LogP contribution in [0, 0.1) is 13.8 Å². The monoisotopic (exact) mass is 481 g/mol. The fourth-order valence-electron chi connectivity index (χ4n) is 4.92. The molecule has 0 N–H and O–H groups in total. The topological polar surface area (TPSA) is 79.4 Å². The number of piperidine rings is 1. The lowest BCUT2D eigenvalue weighted by molar-refractivity contribution is -0.138. The van der Waals surface area contributed by atoms with Crippen LogP contribution in [-0.4, -0.2) is 94.1 Å². The minimum atomic E-state index is -3.68. The lowest BCUT2D eigenvalue weighted by Crippen LogP contribution is -2.50. The van der Waals surface area contributed by atoms with Crippen molar-refractivity contribution < 1.29 is 22.7 Å². The van der Waals surface area contributed by atoms with Crippen LogP contribution in [0.5, 0.6) is 5.75 Å². The Morgan fingerprint density at radius 2 is 1.73 bits per heavy atom. The molecule has 2 fully saturated rings. The number of aryl methyl sites for hydroxylation is 2. The second-order valence-corrected chi connectivity index (χ2v) is 10.9. The van der Waals surface area contributed by atoms with Crippen LogP contribution >= 0.6 is 0 Å². The maximum Gasteiger partial charge on any atom is 0.248 e. The summed E-state index contributed by atoms with van der Waals surface area (Å²) in [6.07, 6.45) is 3.63. The van der Waals surface area contributed by atoms with E-state index < -0.39 is 10.0 Å². The molecule has 0 spiro atoms. The molecular formula is C24H39N3O5S. The minimum Gasteiger partial charge on any atom is -0.497 e. The molecule has 1 atom stereocenters. The molecule has 1 aromatic carbocycles. The van der Waals surface area contributed by atoms with Crippen LogP contribution in [0.25, 0.3) is 0 Å². The van der Waals surface area contributed by atoms with Crippen molar-refractivity contribution in [1.29, 1.82) is 0 Å². The van der Waals surface area contributed by atoms with Crippen molar-refractivity contribution in [2.24, 2.45) is 0 Å². The van der Waals surface area contributed by atoms with Crippen molar-refractivity contribution in [2.45, 2.75) is 57.4 Å². The summed E-state index contributed by atoms with van der Waals surface area (Å²) in [5, 5.41) is 0. The summed E-state index contributed by atoms with van der Waals surface area (Å²) in [5.41, 5.74) is 1.35. The summed E-state index contributed by atoms with van der Waals surface area (Å²) >= 11 is 0. The van der Waals surface area contributed by atoms with Gasteiger partial charge in [0.05, 0.1) is 18.6 Å². The standard InChI is InChI=1S/C24H39N3O5S/c1-5-9-25-11-13-26(14-12-25)23(28)18-32-17-21-8-6-7-10-27(21)33(29,30)24-19(2)15-22(31-4)16-20(24)3/h15-16,21H,5-14,17-18H2,1-4H3. The molecule has 1 aromatic rings. The Labute approximate surface area is 198 Å². The number of sulfonamides is 1. The molecule has 0 radical (unpaired) electrons. The van der Waals surface area contributed by atoms with Crippen LogP contribution in [0.1, 0.15) is 43.7 Å². The number of hydrogen-bond donors (Lipinski definition) is 0. The van der Waals surface area contributed by atoms with Crippen LogP contribution in [-0.2, 0) is 19.6 Å². The molecule has 2 aliphatic heterocycles. The van der Waals surface area contributed by atoms with E-state index in [1.165, 1.54) is 0 Å². The Hall–Kier alpha value is -1.68. The maximum atomic E-state index is 13.6. The number of amides is 1. The van der Waals surface area contributed by atoms with E-state index in [2.05, 4.69) is 11.8 Å². The largest absolute Gasteiger partial charge is 0.497 e. The molecule has 0 bridgehead atoms. The van der Waals surface area contributed by atoms with Gasteiger partial charge in [0, 0.05) is 38.8 Å². The third kappa shape index (κ3) is 6.26. The average molecular weight is 482 g/mol. The first-order chi connectivity index (χ1) is 15.8. The zero-order valence-corrected chi connectivity index (χ0v) is 21.3. The van der Waals surface area contributed by atoms with Gasteiger partial charge < -0.3 is 14.4 Å². The van der Waals surface area contributed by atoms with Crippen molar-refractivity contribution in [3.05, 3.63) is 23.3 Å². The molecule has 8 nitrogen and oxygen atoms in total. The molecule has 186 valence electrons. The van der Waals surface area contributed by atoms with Gasteiger partial charge >= 0.3 is 0 Å². The quantitative estimate of drug-likeness (QED) is 0.539. The van der Waals surface area contributed by atoms with E-state index in [1.54, 1.807) is 37.4 Å². The molecule has 1 unspecified atom stereocenters. The predicted octanol–water partition coefficient (Wildman–Crippen LogP) is 2.43. The van der Waals surface area contributed by atoms with Gasteiger partial charge in [-0.05, 0) is 62.9 Å². The molecule has 0 aliphatic carbocycles. The number of hydrogen-bond acceptors (Lipinski definition) is 6. The van der Waals surface area contributed by atoms with Gasteiger partial charge in [-0.3, -0.25) is 9.69 Å². The highest BCUT2D eigenvalue weighted by Crippen LogP contribution is 2.31. The minimum absolute atomic E-state index is 0.00123. The average Bonchev–Trinajstić information content (AvgIpc) is 2.79.